The molecule has 1 N–H and O–H groups in total. The second-order valence-electron chi connectivity index (χ2n) is 10.3. The Hall–Kier alpha value is -2.25. The minimum atomic E-state index is -1.87. The molecule has 3 heteroatoms. The molecule has 0 aromatic heterocycles. The number of rotatable bonds is 7. The van der Waals surface area contributed by atoms with Crippen molar-refractivity contribution in [2.24, 2.45) is 5.41 Å². The third kappa shape index (κ3) is 6.00. The second kappa shape index (κ2) is 12.3. The van der Waals surface area contributed by atoms with Crippen LogP contribution in [0.2, 0.25) is 0 Å². The first-order valence-corrected chi connectivity index (χ1v) is 14.6. The third-order valence-electron chi connectivity index (χ3n) is 7.49. The first-order valence-electron chi connectivity index (χ1n) is 12.6. The Kier molecular flexibility index (Phi) is 9.70. The van der Waals surface area contributed by atoms with Crippen molar-refractivity contribution in [3.63, 3.8) is 0 Å². The molecule has 36 heavy (non-hydrogen) atoms. The van der Waals surface area contributed by atoms with Crippen molar-refractivity contribution >= 4 is 23.2 Å². The number of aliphatic hydroxyl groups is 1. The van der Waals surface area contributed by atoms with Crippen molar-refractivity contribution in [3.8, 4) is 0 Å². The first kappa shape index (κ1) is 28.3. The van der Waals surface area contributed by atoms with Gasteiger partial charge >= 0.3 is 0 Å². The van der Waals surface area contributed by atoms with E-state index in [1.165, 1.54) is 27.1 Å². The van der Waals surface area contributed by atoms with Gasteiger partial charge in [-0.25, -0.2) is 0 Å². The van der Waals surface area contributed by atoms with Crippen molar-refractivity contribution in [3.05, 3.63) is 126 Å². The summed E-state index contributed by atoms with van der Waals surface area (Å²) in [6.07, 6.45) is 9.41. The topological polar surface area (TPSA) is 20.2 Å². The van der Waals surface area contributed by atoms with E-state index < -0.39 is 7.26 Å². The minimum absolute atomic E-state index is 0. The lowest BCUT2D eigenvalue weighted by atomic mass is 9.71. The second-order valence-corrected chi connectivity index (χ2v) is 13.8. The van der Waals surface area contributed by atoms with Gasteiger partial charge in [0, 0.05) is 0 Å². The number of allylic oxidation sites excluding steroid dienone is 5. The highest BCUT2D eigenvalue weighted by Gasteiger charge is 2.44. The summed E-state index contributed by atoms with van der Waals surface area (Å²) in [7, 11) is -1.87. The maximum Gasteiger partial charge on any atom is 0.115 e. The Bertz CT molecular complexity index is 1110. The van der Waals surface area contributed by atoms with Crippen molar-refractivity contribution < 1.29 is 22.1 Å². The zero-order valence-electron chi connectivity index (χ0n) is 21.9. The van der Waals surface area contributed by atoms with Crippen LogP contribution >= 0.6 is 7.26 Å². The van der Waals surface area contributed by atoms with Crippen molar-refractivity contribution in [2.45, 2.75) is 46.6 Å². The monoisotopic (exact) mass is 560 g/mol. The number of hydrogen-bond donors (Lipinski definition) is 1. The largest absolute Gasteiger partial charge is 1.00 e. The Labute approximate surface area is 228 Å². The molecule has 0 aliphatic heterocycles. The molecule has 1 aliphatic carbocycles. The van der Waals surface area contributed by atoms with E-state index in [1.807, 2.05) is 0 Å². The van der Waals surface area contributed by atoms with Gasteiger partial charge in [0.25, 0.3) is 0 Å². The lowest BCUT2D eigenvalue weighted by Gasteiger charge is -2.35. The molecular formula is C33H38BrOP. The van der Waals surface area contributed by atoms with Crippen LogP contribution in [0.5, 0.6) is 0 Å². The summed E-state index contributed by atoms with van der Waals surface area (Å²) in [6, 6.07) is 33.1. The predicted molar refractivity (Wildman–Crippen MR) is 155 cm³/mol. The van der Waals surface area contributed by atoms with Crippen LogP contribution in [0, 0.1) is 5.41 Å². The highest BCUT2D eigenvalue weighted by Crippen LogP contribution is 2.55. The fraction of sp³-hybridized carbons (Fsp3) is 0.273. The van der Waals surface area contributed by atoms with E-state index in [1.54, 1.807) is 0 Å². The van der Waals surface area contributed by atoms with Crippen LogP contribution in [-0.2, 0) is 0 Å². The van der Waals surface area contributed by atoms with E-state index >= 15 is 0 Å². The fourth-order valence-electron chi connectivity index (χ4n) is 5.29. The standard InChI is InChI=1S/C33H38OP.BrH/c1-26(20-21-31-27(2)32(34)22-24-33(31,3)4)23-25-35(28-14-8-5-9-15-28,29-16-10-6-11-17-29)30-18-12-7-13-19-30;/h5-21,23,32,34H,22,24-25H2,1-4H3;1H/q+1;/p-1. The maximum atomic E-state index is 10.4. The van der Waals surface area contributed by atoms with E-state index in [9.17, 15) is 5.11 Å². The molecule has 0 saturated heterocycles. The van der Waals surface area contributed by atoms with Gasteiger partial charge in [0.1, 0.15) is 23.2 Å². The summed E-state index contributed by atoms with van der Waals surface area (Å²) in [4.78, 5) is 0. The zero-order chi connectivity index (χ0) is 24.9. The number of aliphatic hydroxyl groups excluding tert-OH is 1. The van der Waals surface area contributed by atoms with Crippen molar-refractivity contribution in [2.75, 3.05) is 6.16 Å². The lowest BCUT2D eigenvalue weighted by molar-refractivity contribution is -0.00000869. The van der Waals surface area contributed by atoms with Gasteiger partial charge in [-0.2, -0.15) is 0 Å². The SMILES string of the molecule is CC(C=CC1=C(C)C(O)CCC1(C)C)=CC[P+](c1ccccc1)(c1ccccc1)c1ccccc1.[Br-]. The molecule has 1 atom stereocenters. The fourth-order valence-corrected chi connectivity index (χ4v) is 9.43. The summed E-state index contributed by atoms with van der Waals surface area (Å²) in [5.41, 5.74) is 3.74. The molecule has 0 heterocycles. The Morgan fingerprint density at radius 2 is 1.31 bits per heavy atom. The van der Waals surface area contributed by atoms with E-state index in [4.69, 9.17) is 0 Å². The van der Waals surface area contributed by atoms with Crippen LogP contribution in [0.1, 0.15) is 40.5 Å². The van der Waals surface area contributed by atoms with Crippen LogP contribution in [0.25, 0.3) is 0 Å². The average molecular weight is 562 g/mol. The molecule has 0 radical (unpaired) electrons. The first-order chi connectivity index (χ1) is 16.8. The van der Waals surface area contributed by atoms with E-state index in [0.29, 0.717) is 0 Å². The van der Waals surface area contributed by atoms with Gasteiger partial charge in [-0.05, 0) is 85.7 Å². The van der Waals surface area contributed by atoms with Crippen molar-refractivity contribution in [1.82, 2.24) is 0 Å². The molecule has 0 bridgehead atoms. The summed E-state index contributed by atoms with van der Waals surface area (Å²) >= 11 is 0. The number of benzene rings is 3. The molecule has 0 fully saturated rings. The van der Waals surface area contributed by atoms with E-state index in [2.05, 4.69) is 137 Å². The molecule has 1 aliphatic rings. The lowest BCUT2D eigenvalue weighted by Crippen LogP contribution is -3.00. The van der Waals surface area contributed by atoms with Gasteiger partial charge in [0.05, 0.1) is 12.3 Å². The normalized spacial score (nSPS) is 18.2. The van der Waals surface area contributed by atoms with E-state index in [0.717, 1.165) is 24.6 Å². The van der Waals surface area contributed by atoms with Gasteiger partial charge in [-0.3, -0.25) is 0 Å². The van der Waals surface area contributed by atoms with Crippen molar-refractivity contribution in [1.29, 1.82) is 0 Å². The summed E-state index contributed by atoms with van der Waals surface area (Å²) in [6.45, 7) is 8.87. The third-order valence-corrected chi connectivity index (χ3v) is 11.8. The van der Waals surface area contributed by atoms with Gasteiger partial charge < -0.3 is 22.1 Å². The van der Waals surface area contributed by atoms with Crippen LogP contribution < -0.4 is 32.9 Å². The highest BCUT2D eigenvalue weighted by molar-refractivity contribution is 7.95. The minimum Gasteiger partial charge on any atom is -1.00 e. The molecule has 0 spiro atoms. The smallest absolute Gasteiger partial charge is 0.115 e. The van der Waals surface area contributed by atoms with Gasteiger partial charge in [-0.15, -0.1) is 0 Å². The van der Waals surface area contributed by atoms with Gasteiger partial charge in [-0.1, -0.05) is 86.2 Å². The average Bonchev–Trinajstić information content (AvgIpc) is 2.89. The number of halogens is 1. The molecule has 1 unspecified atom stereocenters. The number of hydrogen-bond acceptors (Lipinski definition) is 1. The summed E-state index contributed by atoms with van der Waals surface area (Å²) in [5, 5.41) is 14.6. The molecule has 0 saturated carbocycles. The van der Waals surface area contributed by atoms with Crippen LogP contribution in [0.3, 0.4) is 0 Å². The van der Waals surface area contributed by atoms with Crippen LogP contribution in [0.15, 0.2) is 126 Å². The maximum absolute atomic E-state index is 10.4. The Balaban J connectivity index is 0.00000361. The Morgan fingerprint density at radius 3 is 1.75 bits per heavy atom. The molecular weight excluding hydrogens is 523 g/mol. The predicted octanol–water partition coefficient (Wildman–Crippen LogP) is 3.98. The van der Waals surface area contributed by atoms with Crippen LogP contribution in [-0.4, -0.2) is 17.4 Å². The Morgan fingerprint density at radius 1 is 0.861 bits per heavy atom. The van der Waals surface area contributed by atoms with Crippen LogP contribution in [0.4, 0.5) is 0 Å². The molecule has 3 aromatic carbocycles. The molecule has 0 amide bonds. The summed E-state index contributed by atoms with van der Waals surface area (Å²) < 4.78 is 0. The van der Waals surface area contributed by atoms with Gasteiger partial charge in [0.2, 0.25) is 0 Å². The quantitative estimate of drug-likeness (QED) is 0.342. The summed E-state index contributed by atoms with van der Waals surface area (Å²) in [5.74, 6) is 0. The molecule has 188 valence electrons. The molecule has 1 nitrogen and oxygen atoms in total. The van der Waals surface area contributed by atoms with E-state index in [-0.39, 0.29) is 28.5 Å². The molecule has 4 rings (SSSR count). The highest BCUT2D eigenvalue weighted by atomic mass is 79.9. The van der Waals surface area contributed by atoms with Gasteiger partial charge in [0.15, 0.2) is 0 Å². The molecule has 3 aromatic rings. The zero-order valence-corrected chi connectivity index (χ0v) is 24.3.